The summed E-state index contributed by atoms with van der Waals surface area (Å²) in [5.74, 6) is -0.103. The second-order valence-electron chi connectivity index (χ2n) is 6.57. The smallest absolute Gasteiger partial charge is 0.256 e. The monoisotopic (exact) mass is 375 g/mol. The zero-order valence-corrected chi connectivity index (χ0v) is 15.0. The van der Waals surface area contributed by atoms with Crippen molar-refractivity contribution in [3.05, 3.63) is 58.9 Å². The molecular weight excluding hydrogens is 357 g/mol. The van der Waals surface area contributed by atoms with Crippen LogP contribution in [0.5, 0.6) is 0 Å². The summed E-state index contributed by atoms with van der Waals surface area (Å²) in [6, 6.07) is 7.47. The van der Waals surface area contributed by atoms with Crippen LogP contribution in [0, 0.1) is 6.92 Å². The van der Waals surface area contributed by atoms with E-state index >= 15 is 0 Å². The van der Waals surface area contributed by atoms with Gasteiger partial charge < -0.3 is 4.90 Å². The van der Waals surface area contributed by atoms with Gasteiger partial charge in [-0.2, -0.15) is 4.31 Å². The lowest BCUT2D eigenvalue weighted by molar-refractivity contribution is 0.0628. The van der Waals surface area contributed by atoms with Gasteiger partial charge in [0.2, 0.25) is 10.0 Å². The number of rotatable bonds is 3. The lowest BCUT2D eigenvalue weighted by atomic mass is 10.1. The summed E-state index contributed by atoms with van der Waals surface area (Å²) in [7, 11) is -3.75. The first-order chi connectivity index (χ1) is 12.4. The van der Waals surface area contributed by atoms with E-state index in [0.717, 1.165) is 11.3 Å². The van der Waals surface area contributed by atoms with Crippen LogP contribution in [0.4, 0.5) is 4.39 Å². The number of pyridine rings is 1. The van der Waals surface area contributed by atoms with Gasteiger partial charge in [-0.3, -0.25) is 9.78 Å². The van der Waals surface area contributed by atoms with Crippen LogP contribution < -0.4 is 0 Å². The highest BCUT2D eigenvalue weighted by molar-refractivity contribution is 7.89. The van der Waals surface area contributed by atoms with Gasteiger partial charge in [0.1, 0.15) is 6.67 Å². The lowest BCUT2D eigenvalue weighted by Crippen LogP contribution is -2.49. The molecule has 0 aliphatic carbocycles. The first-order valence-electron chi connectivity index (χ1n) is 8.34. The Hall–Kier alpha value is -2.32. The molecular formula is C18H18FN3O3S. The van der Waals surface area contributed by atoms with E-state index in [4.69, 9.17) is 0 Å². The molecule has 1 fully saturated rings. The Labute approximate surface area is 151 Å². The molecule has 1 unspecified atom stereocenters. The van der Waals surface area contributed by atoms with E-state index < -0.39 is 16.7 Å². The third-order valence-electron chi connectivity index (χ3n) is 4.96. The van der Waals surface area contributed by atoms with Crippen LogP contribution in [0.2, 0.25) is 0 Å². The topological polar surface area (TPSA) is 70.6 Å². The zero-order valence-electron chi connectivity index (χ0n) is 14.2. The van der Waals surface area contributed by atoms with Crippen molar-refractivity contribution in [2.24, 2.45) is 0 Å². The molecule has 1 aromatic heterocycles. The molecule has 1 atom stereocenters. The van der Waals surface area contributed by atoms with Gasteiger partial charge in [-0.15, -0.1) is 0 Å². The van der Waals surface area contributed by atoms with Crippen molar-refractivity contribution < 1.29 is 17.6 Å². The van der Waals surface area contributed by atoms with Gasteiger partial charge in [0, 0.05) is 31.5 Å². The fourth-order valence-electron chi connectivity index (χ4n) is 3.61. The summed E-state index contributed by atoms with van der Waals surface area (Å²) in [4.78, 5) is 18.5. The van der Waals surface area contributed by atoms with Crippen LogP contribution >= 0.6 is 0 Å². The molecule has 136 valence electrons. The summed E-state index contributed by atoms with van der Waals surface area (Å²) >= 11 is 0. The van der Waals surface area contributed by atoms with E-state index in [2.05, 4.69) is 4.98 Å². The molecule has 8 heteroatoms. The molecule has 1 amide bonds. The predicted molar refractivity (Wildman–Crippen MR) is 92.8 cm³/mol. The quantitative estimate of drug-likeness (QED) is 0.823. The van der Waals surface area contributed by atoms with Crippen LogP contribution in [0.1, 0.15) is 33.2 Å². The van der Waals surface area contributed by atoms with Crippen molar-refractivity contribution >= 4 is 15.9 Å². The number of sulfonamides is 1. The number of benzene rings is 1. The Morgan fingerprint density at radius 2 is 2.08 bits per heavy atom. The van der Waals surface area contributed by atoms with Crippen molar-refractivity contribution in [1.82, 2.24) is 14.2 Å². The van der Waals surface area contributed by atoms with Gasteiger partial charge in [-0.1, -0.05) is 12.1 Å². The lowest BCUT2D eigenvalue weighted by Gasteiger charge is -2.37. The molecule has 0 bridgehead atoms. The minimum atomic E-state index is -3.75. The first-order valence-corrected chi connectivity index (χ1v) is 9.78. The molecule has 0 spiro atoms. The van der Waals surface area contributed by atoms with E-state index in [9.17, 15) is 17.6 Å². The average molecular weight is 375 g/mol. The van der Waals surface area contributed by atoms with Crippen molar-refractivity contribution in [1.29, 1.82) is 0 Å². The maximum atomic E-state index is 13.0. The SMILES string of the molecule is Cc1cc2c(cn1)C(=O)N1CCN(S(=O)(=O)c3cccc(CF)c3)CC21. The number of carbonyl (C=O) groups excluding carboxylic acids is 1. The largest absolute Gasteiger partial charge is 0.329 e. The van der Waals surface area contributed by atoms with E-state index in [0.29, 0.717) is 17.7 Å². The molecule has 26 heavy (non-hydrogen) atoms. The number of aryl methyl sites for hydroxylation is 1. The number of amides is 1. The van der Waals surface area contributed by atoms with Crippen LogP contribution in [0.15, 0.2) is 41.4 Å². The van der Waals surface area contributed by atoms with E-state index in [1.54, 1.807) is 23.2 Å². The highest BCUT2D eigenvalue weighted by Gasteiger charge is 2.43. The molecule has 0 saturated carbocycles. The van der Waals surface area contributed by atoms with Gasteiger partial charge >= 0.3 is 0 Å². The average Bonchev–Trinajstić information content (AvgIpc) is 2.93. The third kappa shape index (κ3) is 2.60. The molecule has 2 aromatic rings. The molecule has 1 saturated heterocycles. The second-order valence-corrected chi connectivity index (χ2v) is 8.51. The van der Waals surface area contributed by atoms with Gasteiger partial charge in [-0.25, -0.2) is 12.8 Å². The molecule has 3 heterocycles. The van der Waals surface area contributed by atoms with Crippen molar-refractivity contribution in [2.45, 2.75) is 24.5 Å². The summed E-state index contributed by atoms with van der Waals surface area (Å²) < 4.78 is 40.3. The van der Waals surface area contributed by atoms with E-state index in [1.165, 1.54) is 16.4 Å². The highest BCUT2D eigenvalue weighted by Crippen LogP contribution is 2.37. The minimum absolute atomic E-state index is 0.0801. The van der Waals surface area contributed by atoms with Gasteiger partial charge in [0.15, 0.2) is 0 Å². The molecule has 0 radical (unpaired) electrons. The van der Waals surface area contributed by atoms with Crippen LogP contribution in [0.25, 0.3) is 0 Å². The maximum Gasteiger partial charge on any atom is 0.256 e. The number of carbonyl (C=O) groups is 1. The standard InChI is InChI=1S/C18H18FN3O3S/c1-12-7-15-16(10-20-12)18(23)22-6-5-21(11-17(15)22)26(24,25)14-4-2-3-13(8-14)9-19/h2-4,7-8,10,17H,5-6,9,11H2,1H3. The van der Waals surface area contributed by atoms with Crippen molar-refractivity contribution in [3.8, 4) is 0 Å². The zero-order chi connectivity index (χ0) is 18.5. The summed E-state index contributed by atoms with van der Waals surface area (Å²) in [6.07, 6.45) is 1.56. The van der Waals surface area contributed by atoms with Gasteiger partial charge in [0.25, 0.3) is 5.91 Å². The van der Waals surface area contributed by atoms with Crippen molar-refractivity contribution in [3.63, 3.8) is 0 Å². The predicted octanol–water partition coefficient (Wildman–Crippen LogP) is 2.06. The van der Waals surface area contributed by atoms with E-state index in [-0.39, 0.29) is 29.9 Å². The molecule has 0 N–H and O–H groups in total. The summed E-state index contributed by atoms with van der Waals surface area (Å²) in [5.41, 5.74) is 2.47. The number of fused-ring (bicyclic) bond motifs is 3. The number of hydrogen-bond donors (Lipinski definition) is 0. The van der Waals surface area contributed by atoms with Crippen LogP contribution in [-0.4, -0.2) is 48.1 Å². The molecule has 2 aliphatic heterocycles. The summed E-state index contributed by atoms with van der Waals surface area (Å²) in [6.45, 7) is 1.84. The molecule has 4 rings (SSSR count). The molecule has 6 nitrogen and oxygen atoms in total. The Kier molecular flexibility index (Phi) is 4.04. The van der Waals surface area contributed by atoms with Gasteiger partial charge in [0.05, 0.1) is 16.5 Å². The van der Waals surface area contributed by atoms with Gasteiger partial charge in [-0.05, 0) is 36.2 Å². The Morgan fingerprint density at radius 1 is 1.27 bits per heavy atom. The number of halogens is 1. The number of piperazine rings is 1. The number of aromatic nitrogens is 1. The normalized spacial score (nSPS) is 20.2. The second kappa shape index (κ2) is 6.14. The first kappa shape index (κ1) is 17.1. The number of alkyl halides is 1. The Balaban J connectivity index is 1.68. The maximum absolute atomic E-state index is 13.0. The number of nitrogens with zero attached hydrogens (tertiary/aromatic N) is 3. The third-order valence-corrected chi connectivity index (χ3v) is 6.82. The van der Waals surface area contributed by atoms with Crippen LogP contribution in [-0.2, 0) is 16.7 Å². The van der Waals surface area contributed by atoms with E-state index in [1.807, 2.05) is 13.0 Å². The Morgan fingerprint density at radius 3 is 2.85 bits per heavy atom. The Bertz CT molecular complexity index is 993. The number of hydrogen-bond acceptors (Lipinski definition) is 4. The fraction of sp³-hybridized carbons (Fsp3) is 0.333. The fourth-order valence-corrected chi connectivity index (χ4v) is 5.12. The van der Waals surface area contributed by atoms with Crippen molar-refractivity contribution in [2.75, 3.05) is 19.6 Å². The highest BCUT2D eigenvalue weighted by atomic mass is 32.2. The minimum Gasteiger partial charge on any atom is -0.329 e. The van der Waals surface area contributed by atoms with Crippen LogP contribution in [0.3, 0.4) is 0 Å². The molecule has 1 aromatic carbocycles. The summed E-state index contributed by atoms with van der Waals surface area (Å²) in [5, 5.41) is 0. The molecule has 2 aliphatic rings.